The molecule has 0 amide bonds. The van der Waals surface area contributed by atoms with Crippen molar-refractivity contribution in [2.24, 2.45) is 0 Å². The molecule has 0 bridgehead atoms. The third-order valence-corrected chi connectivity index (χ3v) is 6.05. The van der Waals surface area contributed by atoms with Gasteiger partial charge in [0.15, 0.2) is 18.2 Å². The Kier molecular flexibility index (Phi) is 8.48. The fraction of sp³-hybridized carbons (Fsp3) is 0.188. The van der Waals surface area contributed by atoms with Crippen LogP contribution in [0.1, 0.15) is 34.2 Å². The molecule has 0 aliphatic carbocycles. The summed E-state index contributed by atoms with van der Waals surface area (Å²) < 4.78 is 70.5. The molecule has 0 saturated carbocycles. The number of aryl methyl sites for hydroxylation is 3. The molecule has 1 nitrogen and oxygen atoms in total. The molecule has 0 aliphatic heterocycles. The molecule has 0 radical (unpaired) electrons. The van der Waals surface area contributed by atoms with Gasteiger partial charge in [-0.1, -0.05) is 66.4 Å². The van der Waals surface area contributed by atoms with Crippen molar-refractivity contribution in [3.63, 3.8) is 0 Å². The summed E-state index contributed by atoms with van der Waals surface area (Å²) in [5.41, 5.74) is 3.94. The fourth-order valence-corrected chi connectivity index (χ4v) is 4.02. The fourth-order valence-electron chi connectivity index (χ4n) is 4.02. The molecule has 0 heterocycles. The lowest BCUT2D eigenvalue weighted by Gasteiger charge is -2.09. The highest BCUT2D eigenvalue weighted by Crippen LogP contribution is 2.24. The number of halogens is 5. The maximum atomic E-state index is 15.1. The van der Waals surface area contributed by atoms with Gasteiger partial charge < -0.3 is 4.74 Å². The van der Waals surface area contributed by atoms with Crippen LogP contribution in [0.5, 0.6) is 5.75 Å². The molecule has 4 aromatic rings. The van der Waals surface area contributed by atoms with Crippen LogP contribution in [0.2, 0.25) is 0 Å². The van der Waals surface area contributed by atoms with Crippen molar-refractivity contribution in [2.75, 3.05) is 6.61 Å². The number of alkyl halides is 3. The molecule has 0 unspecified atom stereocenters. The predicted molar refractivity (Wildman–Crippen MR) is 140 cm³/mol. The molecule has 0 aliphatic rings. The Morgan fingerprint density at radius 2 is 1.45 bits per heavy atom. The van der Waals surface area contributed by atoms with Crippen LogP contribution in [0.4, 0.5) is 22.0 Å². The Bertz CT molecular complexity index is 1490. The van der Waals surface area contributed by atoms with E-state index in [9.17, 15) is 17.6 Å². The molecule has 4 aromatic carbocycles. The van der Waals surface area contributed by atoms with E-state index in [0.29, 0.717) is 5.39 Å². The Hall–Kier alpha value is -4.11. The Morgan fingerprint density at radius 1 is 0.763 bits per heavy atom. The highest BCUT2D eigenvalue weighted by atomic mass is 19.4. The van der Waals surface area contributed by atoms with Gasteiger partial charge in [-0.25, -0.2) is 8.78 Å². The van der Waals surface area contributed by atoms with Gasteiger partial charge in [0.2, 0.25) is 0 Å². The van der Waals surface area contributed by atoms with Gasteiger partial charge in [0.05, 0.1) is 5.56 Å². The largest absolute Gasteiger partial charge is 0.481 e. The first-order valence-corrected chi connectivity index (χ1v) is 12.1. The van der Waals surface area contributed by atoms with Crippen LogP contribution in [0, 0.1) is 23.5 Å². The van der Waals surface area contributed by atoms with E-state index in [-0.39, 0.29) is 11.1 Å². The van der Waals surface area contributed by atoms with Gasteiger partial charge in [0.1, 0.15) is 5.82 Å². The first kappa shape index (κ1) is 26.9. The monoisotopic (exact) mass is 520 g/mol. The second-order valence-electron chi connectivity index (χ2n) is 8.93. The molecule has 6 heteroatoms. The van der Waals surface area contributed by atoms with Gasteiger partial charge in [-0.2, -0.15) is 13.2 Å². The van der Waals surface area contributed by atoms with Gasteiger partial charge >= 0.3 is 6.18 Å². The summed E-state index contributed by atoms with van der Waals surface area (Å²) in [5.74, 6) is 3.36. The van der Waals surface area contributed by atoms with Crippen LogP contribution in [0.25, 0.3) is 10.8 Å². The maximum Gasteiger partial charge on any atom is 0.422 e. The molecule has 0 spiro atoms. The summed E-state index contributed by atoms with van der Waals surface area (Å²) >= 11 is 0. The first-order valence-electron chi connectivity index (χ1n) is 12.1. The maximum absolute atomic E-state index is 15.1. The molecule has 194 valence electrons. The number of hydrogen-bond acceptors (Lipinski definition) is 1. The van der Waals surface area contributed by atoms with Crippen molar-refractivity contribution in [2.45, 2.75) is 31.9 Å². The summed E-state index contributed by atoms with van der Waals surface area (Å²) in [6, 6.07) is 20.8. The van der Waals surface area contributed by atoms with E-state index in [1.54, 1.807) is 18.2 Å². The highest BCUT2D eigenvalue weighted by molar-refractivity contribution is 5.85. The Morgan fingerprint density at radius 3 is 2.13 bits per heavy atom. The highest BCUT2D eigenvalue weighted by Gasteiger charge is 2.28. The number of rotatable bonds is 8. The molecule has 0 N–H and O–H groups in total. The van der Waals surface area contributed by atoms with Gasteiger partial charge in [0.25, 0.3) is 0 Å². The van der Waals surface area contributed by atoms with Crippen LogP contribution in [0.3, 0.4) is 0 Å². The standard InChI is InChI=1S/C32H25F5O/c1-2-3-4-22-5-7-23(8-6-22)9-10-24-12-17-28-27(19-24)16-15-26(31(28)34)14-11-25-13-18-30(29(33)20-25)38-21-32(35,36)37/h2,5-8,12-13,15-20H,1,3-4,9-10,21H2. The number of hydrogen-bond donors (Lipinski definition) is 0. The summed E-state index contributed by atoms with van der Waals surface area (Å²) in [7, 11) is 0. The zero-order chi connectivity index (χ0) is 27.1. The van der Waals surface area contributed by atoms with E-state index < -0.39 is 30.2 Å². The summed E-state index contributed by atoms with van der Waals surface area (Å²) in [6.07, 6.45) is 0.965. The van der Waals surface area contributed by atoms with Crippen molar-refractivity contribution < 1.29 is 26.7 Å². The van der Waals surface area contributed by atoms with E-state index in [1.807, 2.05) is 18.2 Å². The van der Waals surface area contributed by atoms with Gasteiger partial charge in [-0.15, -0.1) is 6.58 Å². The molecule has 0 atom stereocenters. The third-order valence-electron chi connectivity index (χ3n) is 6.05. The van der Waals surface area contributed by atoms with E-state index in [2.05, 4.69) is 47.4 Å². The van der Waals surface area contributed by atoms with Crippen LogP contribution in [-0.4, -0.2) is 12.8 Å². The second-order valence-corrected chi connectivity index (χ2v) is 8.93. The average molecular weight is 521 g/mol. The van der Waals surface area contributed by atoms with Crippen LogP contribution in [-0.2, 0) is 19.3 Å². The Labute approximate surface area is 218 Å². The van der Waals surface area contributed by atoms with Crippen molar-refractivity contribution in [1.82, 2.24) is 0 Å². The lowest BCUT2D eigenvalue weighted by Crippen LogP contribution is -2.19. The van der Waals surface area contributed by atoms with Crippen LogP contribution < -0.4 is 4.74 Å². The number of fused-ring (bicyclic) bond motifs is 1. The Balaban J connectivity index is 1.44. The van der Waals surface area contributed by atoms with Gasteiger partial charge in [0, 0.05) is 10.9 Å². The average Bonchev–Trinajstić information content (AvgIpc) is 2.90. The smallest absolute Gasteiger partial charge is 0.422 e. The van der Waals surface area contributed by atoms with E-state index >= 15 is 4.39 Å². The topological polar surface area (TPSA) is 9.23 Å². The first-order chi connectivity index (χ1) is 18.2. The summed E-state index contributed by atoms with van der Waals surface area (Å²) in [6.45, 7) is 2.16. The van der Waals surface area contributed by atoms with Crippen molar-refractivity contribution in [3.8, 4) is 17.6 Å². The summed E-state index contributed by atoms with van der Waals surface area (Å²) in [4.78, 5) is 0. The molecule has 0 fully saturated rings. The minimum atomic E-state index is -4.57. The molecule has 0 aromatic heterocycles. The van der Waals surface area contributed by atoms with Gasteiger partial charge in [-0.05, 0) is 72.0 Å². The zero-order valence-corrected chi connectivity index (χ0v) is 20.5. The number of allylic oxidation sites excluding steroid dienone is 1. The normalized spacial score (nSPS) is 11.2. The molecular formula is C32H25F5O. The quantitative estimate of drug-likeness (QED) is 0.129. The number of ether oxygens (including phenoxy) is 1. The van der Waals surface area contributed by atoms with Crippen LogP contribution >= 0.6 is 0 Å². The van der Waals surface area contributed by atoms with E-state index in [0.717, 1.165) is 48.8 Å². The van der Waals surface area contributed by atoms with Gasteiger partial charge in [-0.3, -0.25) is 0 Å². The zero-order valence-electron chi connectivity index (χ0n) is 20.5. The summed E-state index contributed by atoms with van der Waals surface area (Å²) in [5, 5.41) is 1.18. The number of benzene rings is 4. The molecule has 38 heavy (non-hydrogen) atoms. The minimum Gasteiger partial charge on any atom is -0.481 e. The van der Waals surface area contributed by atoms with Crippen molar-refractivity contribution in [3.05, 3.63) is 125 Å². The van der Waals surface area contributed by atoms with E-state index in [1.165, 1.54) is 17.2 Å². The molecule has 4 rings (SSSR count). The third kappa shape index (κ3) is 7.23. The van der Waals surface area contributed by atoms with Crippen molar-refractivity contribution in [1.29, 1.82) is 0 Å². The van der Waals surface area contributed by atoms with Crippen LogP contribution in [0.15, 0.2) is 85.5 Å². The molecular weight excluding hydrogens is 495 g/mol. The second kappa shape index (κ2) is 12.0. The van der Waals surface area contributed by atoms with E-state index in [4.69, 9.17) is 0 Å². The lowest BCUT2D eigenvalue weighted by molar-refractivity contribution is -0.153. The lowest BCUT2D eigenvalue weighted by atomic mass is 9.98. The minimum absolute atomic E-state index is 0.139. The van der Waals surface area contributed by atoms with Crippen molar-refractivity contribution >= 4 is 10.8 Å². The predicted octanol–water partition coefficient (Wildman–Crippen LogP) is 8.36. The SMILES string of the molecule is C=CCCc1ccc(CCc2ccc3c(F)c(C#Cc4ccc(OCC(F)(F)F)c(F)c4)ccc3c2)cc1. The molecule has 0 saturated heterocycles.